The number of phenolic OH excluding ortho intramolecular Hbond substituents is 2. The Bertz CT molecular complexity index is 2060. The van der Waals surface area contributed by atoms with E-state index in [1.165, 1.54) is 48.0 Å². The maximum atomic E-state index is 13.9. The SMILES string of the molecule is CC(C)(O/N=C(\C(=O)N[C@@H]1C(=O)N2C(c3nnn[n-]3)=C(C[N+]34CCCC3CN(C(=O)c3ccc(O)c(O)c3Cl)CC4)CS[C@H]12)c1csc(N)n1)C(=O)[O-].[Na+]. The van der Waals surface area contributed by atoms with Crippen LogP contribution in [0.3, 0.4) is 0 Å². The van der Waals surface area contributed by atoms with Crippen molar-refractivity contribution in [2.45, 2.75) is 49.7 Å². The van der Waals surface area contributed by atoms with E-state index in [0.717, 1.165) is 36.3 Å². The number of carboxylic acids is 1. The van der Waals surface area contributed by atoms with Crippen LogP contribution in [-0.2, 0) is 19.2 Å². The number of fused-ring (bicyclic) bond motifs is 2. The number of nitrogens with one attached hydrogen (secondary N) is 1. The molecule has 19 nitrogen and oxygen atoms in total. The van der Waals surface area contributed by atoms with Crippen molar-refractivity contribution in [2.24, 2.45) is 5.16 Å². The van der Waals surface area contributed by atoms with Crippen molar-refractivity contribution in [2.75, 3.05) is 44.2 Å². The number of quaternary nitrogens is 1. The maximum absolute atomic E-state index is 13.9. The largest absolute Gasteiger partial charge is 1.00 e. The molecule has 3 saturated heterocycles. The fourth-order valence-corrected chi connectivity index (χ4v) is 9.25. The third kappa shape index (κ3) is 7.13. The number of amides is 3. The van der Waals surface area contributed by atoms with Crippen molar-refractivity contribution in [1.82, 2.24) is 40.7 Å². The van der Waals surface area contributed by atoms with Crippen molar-refractivity contribution in [3.05, 3.63) is 45.2 Å². The number of thiazole rings is 1. The zero-order valence-corrected chi connectivity index (χ0v) is 33.7. The van der Waals surface area contributed by atoms with Crippen LogP contribution in [0.2, 0.25) is 5.02 Å². The molecule has 0 spiro atoms. The van der Waals surface area contributed by atoms with Gasteiger partial charge in [-0.15, -0.1) is 23.1 Å². The van der Waals surface area contributed by atoms with Gasteiger partial charge in [0.1, 0.15) is 29.7 Å². The quantitative estimate of drug-likeness (QED) is 0.0381. The molecule has 3 fully saturated rings. The van der Waals surface area contributed by atoms with Crippen molar-refractivity contribution >= 4 is 74.9 Å². The Labute approximate surface area is 342 Å². The first-order valence-electron chi connectivity index (χ1n) is 16.4. The number of carbonyl (C=O) groups is 4. The normalized spacial score (nSPS) is 23.9. The summed E-state index contributed by atoms with van der Waals surface area (Å²) in [4.78, 5) is 64.9. The molecule has 6 heterocycles. The Morgan fingerprint density at radius 3 is 2.74 bits per heavy atom. The summed E-state index contributed by atoms with van der Waals surface area (Å²) in [7, 11) is 0. The van der Waals surface area contributed by atoms with Gasteiger partial charge in [-0.05, 0) is 26.0 Å². The summed E-state index contributed by atoms with van der Waals surface area (Å²) >= 11 is 8.71. The Morgan fingerprint density at radius 1 is 1.28 bits per heavy atom. The molecule has 4 atom stereocenters. The van der Waals surface area contributed by atoms with Crippen LogP contribution in [0.5, 0.6) is 11.5 Å². The van der Waals surface area contributed by atoms with Gasteiger partial charge < -0.3 is 50.5 Å². The summed E-state index contributed by atoms with van der Waals surface area (Å²) in [5.41, 5.74) is 5.03. The van der Waals surface area contributed by atoms with Crippen LogP contribution in [0.25, 0.3) is 5.70 Å². The number of carboxylic acid groups (broad SMARTS) is 1. The van der Waals surface area contributed by atoms with Crippen LogP contribution >= 0.6 is 34.7 Å². The molecule has 0 saturated carbocycles. The van der Waals surface area contributed by atoms with E-state index < -0.39 is 46.3 Å². The van der Waals surface area contributed by atoms with Gasteiger partial charge in [0.25, 0.3) is 17.7 Å². The van der Waals surface area contributed by atoms with Gasteiger partial charge >= 0.3 is 29.6 Å². The van der Waals surface area contributed by atoms with Crippen LogP contribution in [0, 0.1) is 0 Å². The summed E-state index contributed by atoms with van der Waals surface area (Å²) in [5, 5.41) is 54.2. The van der Waals surface area contributed by atoms with E-state index in [-0.39, 0.29) is 74.5 Å². The minimum atomic E-state index is -1.87. The van der Waals surface area contributed by atoms with Gasteiger partial charge in [-0.25, -0.2) is 4.98 Å². The fraction of sp³-hybridized carbons (Fsp3) is 0.452. The molecular weight excluding hydrogens is 777 g/mol. The number of hydrogen-bond donors (Lipinski definition) is 4. The van der Waals surface area contributed by atoms with Crippen molar-refractivity contribution in [1.29, 1.82) is 0 Å². The van der Waals surface area contributed by atoms with Crippen molar-refractivity contribution in [3.63, 3.8) is 0 Å². The monoisotopic (exact) mass is 809 g/mol. The number of aromatic nitrogens is 5. The van der Waals surface area contributed by atoms with E-state index in [0.29, 0.717) is 42.1 Å². The van der Waals surface area contributed by atoms with Crippen LogP contribution in [0.4, 0.5) is 5.13 Å². The molecule has 2 unspecified atom stereocenters. The molecule has 54 heavy (non-hydrogen) atoms. The summed E-state index contributed by atoms with van der Waals surface area (Å²) < 4.78 is 0.672. The summed E-state index contributed by atoms with van der Waals surface area (Å²) in [5.74, 6) is -3.48. The number of β-lactam (4-membered cyclic amide) rings is 1. The minimum absolute atomic E-state index is 0. The number of oxime groups is 1. The Morgan fingerprint density at radius 2 is 2.06 bits per heavy atom. The second-order valence-corrected chi connectivity index (χ2v) is 16.0. The average molecular weight is 810 g/mol. The molecule has 23 heteroatoms. The molecule has 0 bridgehead atoms. The number of nitrogens with two attached hydrogens (primary N) is 1. The smallest absolute Gasteiger partial charge is 0.546 e. The predicted octanol–water partition coefficient (Wildman–Crippen LogP) is -3.87. The number of halogens is 1. The van der Waals surface area contributed by atoms with E-state index in [9.17, 15) is 34.5 Å². The standard InChI is InChI=1S/C31H34ClN11O8S2.Na/c1-31(2,29(49)50)51-38-20(17-13-53-30(33)34-17)25(46)35-21-27(48)42-22(24-36-39-40-37-24)14(12-52-28(21)42)11-43-8-3-4-15(43)10-41(7-9-43)26(47)16-5-6-18(44)23(45)19(16)32;/h5-6,13,15,21,28H,3-4,7-12H2,1-2H3,(H6-,33,34,35,36,37,38,39,40,44,45,46,47,49,50);/q;+1/p-1/t15?,21-,28-,43?;/m1./s1. The zero-order valence-electron chi connectivity index (χ0n) is 29.3. The molecule has 2 aromatic heterocycles. The van der Waals surface area contributed by atoms with Crippen LogP contribution in [0.1, 0.15) is 48.6 Å². The number of benzene rings is 1. The number of rotatable bonds is 10. The van der Waals surface area contributed by atoms with Crippen LogP contribution in [-0.4, -0.2) is 136 Å². The number of phenols is 2. The van der Waals surface area contributed by atoms with Crippen molar-refractivity contribution in [3.8, 4) is 11.5 Å². The summed E-state index contributed by atoms with van der Waals surface area (Å²) in [6.07, 6.45) is 1.79. The number of thioether (sulfide) groups is 1. The molecule has 0 radical (unpaired) electrons. The number of tetrazole rings is 1. The van der Waals surface area contributed by atoms with E-state index >= 15 is 0 Å². The zero-order chi connectivity index (χ0) is 37.8. The average Bonchev–Trinajstić information content (AvgIpc) is 3.91. The molecule has 280 valence electrons. The van der Waals surface area contributed by atoms with E-state index in [1.54, 1.807) is 4.90 Å². The fourth-order valence-electron chi connectivity index (χ4n) is 7.13. The van der Waals surface area contributed by atoms with Gasteiger partial charge in [0.2, 0.25) is 0 Å². The Hall–Kier alpha value is -3.99. The maximum Gasteiger partial charge on any atom is 1.00 e. The Kier molecular flexibility index (Phi) is 11.2. The van der Waals surface area contributed by atoms with Gasteiger partial charge in [-0.3, -0.25) is 29.6 Å². The second kappa shape index (κ2) is 15.3. The minimum Gasteiger partial charge on any atom is -0.546 e. The molecular formula is C31H33ClN11NaO8S2. The van der Waals surface area contributed by atoms with Crippen LogP contribution < -0.4 is 50.8 Å². The first-order chi connectivity index (χ1) is 25.2. The van der Waals surface area contributed by atoms with Gasteiger partial charge in [0.15, 0.2) is 27.9 Å². The third-order valence-electron chi connectivity index (χ3n) is 9.98. The number of nitrogen functional groups attached to an aromatic ring is 1. The molecule has 3 amide bonds. The number of piperazine rings is 1. The third-order valence-corrected chi connectivity index (χ3v) is 12.4. The first kappa shape index (κ1) is 39.7. The van der Waals surface area contributed by atoms with Crippen molar-refractivity contribution < 1.29 is 73.4 Å². The molecule has 4 aliphatic heterocycles. The van der Waals surface area contributed by atoms with Gasteiger partial charge in [-0.2, -0.15) is 5.21 Å². The molecule has 0 aliphatic carbocycles. The van der Waals surface area contributed by atoms with Gasteiger partial charge in [0.05, 0.1) is 54.3 Å². The molecule has 3 aromatic rings. The second-order valence-electron chi connectivity index (χ2n) is 13.6. The van der Waals surface area contributed by atoms with E-state index in [1.807, 2.05) is 0 Å². The van der Waals surface area contributed by atoms with Gasteiger partial charge in [-0.1, -0.05) is 16.8 Å². The number of nitrogens with zero attached hydrogens (tertiary/aromatic N) is 9. The predicted molar refractivity (Wildman–Crippen MR) is 187 cm³/mol. The first-order valence-corrected chi connectivity index (χ1v) is 18.7. The van der Waals surface area contributed by atoms with Gasteiger partial charge in [0, 0.05) is 29.5 Å². The summed E-state index contributed by atoms with van der Waals surface area (Å²) in [6, 6.07) is 1.71. The van der Waals surface area contributed by atoms with E-state index in [4.69, 9.17) is 22.2 Å². The van der Waals surface area contributed by atoms with E-state index in [2.05, 4.69) is 36.1 Å². The number of hydrogen-bond acceptors (Lipinski definition) is 16. The number of anilines is 1. The molecule has 4 aliphatic rings. The molecule has 5 N–H and O–H groups in total. The number of aliphatic carboxylic acids is 1. The van der Waals surface area contributed by atoms with Crippen LogP contribution in [0.15, 0.2) is 28.2 Å². The number of carbonyl (C=O) groups excluding carboxylic acids is 4. The molecule has 7 rings (SSSR count). The topological polar surface area (TPSA) is 264 Å². The Balaban J connectivity index is 0.00000497. The molecule has 1 aromatic carbocycles. The summed E-state index contributed by atoms with van der Waals surface area (Å²) in [6.45, 7) is 5.29. The number of aromatic hydroxyl groups is 2.